The highest BCUT2D eigenvalue weighted by Gasteiger charge is 2.28. The maximum Gasteiger partial charge on any atom is 0.158 e. The molecule has 0 aliphatic heterocycles. The van der Waals surface area contributed by atoms with E-state index in [-0.39, 0.29) is 18.4 Å². The summed E-state index contributed by atoms with van der Waals surface area (Å²) in [5.74, 6) is 0.433. The Bertz CT molecular complexity index is 562. The topological polar surface area (TPSA) is 69.4 Å². The first-order valence-corrected chi connectivity index (χ1v) is 8.48. The second kappa shape index (κ2) is 6.33. The van der Waals surface area contributed by atoms with Crippen LogP contribution in [0.1, 0.15) is 39.3 Å². The second-order valence-corrected chi connectivity index (χ2v) is 9.03. The summed E-state index contributed by atoms with van der Waals surface area (Å²) < 4.78 is 28.6. The highest BCUT2D eigenvalue weighted by molar-refractivity contribution is 7.92. The zero-order chi connectivity index (χ0) is 15.6. The van der Waals surface area contributed by atoms with Gasteiger partial charge in [0.1, 0.15) is 12.4 Å². The standard InChI is InChI=1S/C14H22ClNO3S/c1-10(16)11-5-6-13(12(15)9-11)19-7-8-20(17,18)14(2,3)4/h5-6,9-10H,7-8,16H2,1-4H3/t10-/m1/s1. The molecule has 0 heterocycles. The predicted molar refractivity (Wildman–Crippen MR) is 83.1 cm³/mol. The van der Waals surface area contributed by atoms with Crippen molar-refractivity contribution in [2.24, 2.45) is 5.73 Å². The van der Waals surface area contributed by atoms with Gasteiger partial charge in [0, 0.05) is 6.04 Å². The second-order valence-electron chi connectivity index (χ2n) is 5.76. The van der Waals surface area contributed by atoms with Crippen molar-refractivity contribution in [1.29, 1.82) is 0 Å². The fraction of sp³-hybridized carbons (Fsp3) is 0.571. The van der Waals surface area contributed by atoms with Gasteiger partial charge in [-0.2, -0.15) is 0 Å². The summed E-state index contributed by atoms with van der Waals surface area (Å²) in [5, 5.41) is 0.438. The average molecular weight is 320 g/mol. The Balaban J connectivity index is 2.68. The monoisotopic (exact) mass is 319 g/mol. The molecule has 6 heteroatoms. The highest BCUT2D eigenvalue weighted by Crippen LogP contribution is 2.27. The van der Waals surface area contributed by atoms with E-state index in [1.165, 1.54) is 0 Å². The van der Waals surface area contributed by atoms with Crippen LogP contribution in [0.4, 0.5) is 0 Å². The molecule has 0 aliphatic rings. The van der Waals surface area contributed by atoms with E-state index in [0.29, 0.717) is 10.8 Å². The van der Waals surface area contributed by atoms with E-state index in [0.717, 1.165) is 5.56 Å². The van der Waals surface area contributed by atoms with E-state index < -0.39 is 14.6 Å². The zero-order valence-corrected chi connectivity index (χ0v) is 13.9. The molecule has 0 saturated heterocycles. The molecule has 0 spiro atoms. The number of benzene rings is 1. The molecule has 0 amide bonds. The quantitative estimate of drug-likeness (QED) is 0.906. The van der Waals surface area contributed by atoms with Gasteiger partial charge in [-0.3, -0.25) is 0 Å². The number of nitrogens with two attached hydrogens (primary N) is 1. The molecule has 0 saturated carbocycles. The molecular weight excluding hydrogens is 298 g/mol. The van der Waals surface area contributed by atoms with Gasteiger partial charge in [0.25, 0.3) is 0 Å². The number of rotatable bonds is 5. The van der Waals surface area contributed by atoms with Gasteiger partial charge in [0.15, 0.2) is 9.84 Å². The fourth-order valence-electron chi connectivity index (χ4n) is 1.48. The van der Waals surface area contributed by atoms with Gasteiger partial charge in [-0.1, -0.05) is 17.7 Å². The molecule has 0 aromatic heterocycles. The summed E-state index contributed by atoms with van der Waals surface area (Å²) in [6.45, 7) is 6.96. The molecule has 0 radical (unpaired) electrons. The molecule has 0 fully saturated rings. The van der Waals surface area contributed by atoms with Crippen LogP contribution in [0.2, 0.25) is 5.02 Å². The predicted octanol–water partition coefficient (Wildman–Crippen LogP) is 2.95. The van der Waals surface area contributed by atoms with Gasteiger partial charge in [0.2, 0.25) is 0 Å². The Morgan fingerprint density at radius 1 is 1.35 bits per heavy atom. The van der Waals surface area contributed by atoms with Crippen LogP contribution in [-0.2, 0) is 9.84 Å². The van der Waals surface area contributed by atoms with Gasteiger partial charge in [0.05, 0.1) is 15.5 Å². The molecule has 1 atom stereocenters. The summed E-state index contributed by atoms with van der Waals surface area (Å²) in [4.78, 5) is 0. The first kappa shape index (κ1) is 17.3. The van der Waals surface area contributed by atoms with Crippen molar-refractivity contribution < 1.29 is 13.2 Å². The van der Waals surface area contributed by atoms with E-state index in [4.69, 9.17) is 22.1 Å². The van der Waals surface area contributed by atoms with Gasteiger partial charge in [-0.05, 0) is 45.4 Å². The van der Waals surface area contributed by atoms with Crippen LogP contribution in [0.25, 0.3) is 0 Å². The van der Waals surface area contributed by atoms with Crippen molar-refractivity contribution in [3.63, 3.8) is 0 Å². The minimum Gasteiger partial charge on any atom is -0.491 e. The SMILES string of the molecule is C[C@@H](N)c1ccc(OCCS(=O)(=O)C(C)(C)C)c(Cl)c1. The van der Waals surface area contributed by atoms with Crippen LogP contribution >= 0.6 is 11.6 Å². The minimum atomic E-state index is -3.19. The van der Waals surface area contributed by atoms with Crippen molar-refractivity contribution in [2.45, 2.75) is 38.5 Å². The molecule has 2 N–H and O–H groups in total. The van der Waals surface area contributed by atoms with Crippen LogP contribution < -0.4 is 10.5 Å². The van der Waals surface area contributed by atoms with E-state index in [1.54, 1.807) is 32.9 Å². The first-order valence-electron chi connectivity index (χ1n) is 6.45. The maximum atomic E-state index is 11.9. The number of halogens is 1. The summed E-state index contributed by atoms with van der Waals surface area (Å²) >= 11 is 6.08. The van der Waals surface area contributed by atoms with Gasteiger partial charge < -0.3 is 10.5 Å². The van der Waals surface area contributed by atoms with Crippen LogP contribution in [0.15, 0.2) is 18.2 Å². The number of ether oxygens (including phenoxy) is 1. The van der Waals surface area contributed by atoms with E-state index in [9.17, 15) is 8.42 Å². The van der Waals surface area contributed by atoms with Gasteiger partial charge >= 0.3 is 0 Å². The third kappa shape index (κ3) is 4.36. The van der Waals surface area contributed by atoms with Crippen LogP contribution in [0.5, 0.6) is 5.75 Å². The molecule has 114 valence electrons. The molecule has 1 aromatic carbocycles. The minimum absolute atomic E-state index is 0.0398. The molecule has 20 heavy (non-hydrogen) atoms. The first-order chi connectivity index (χ1) is 9.04. The number of hydrogen-bond acceptors (Lipinski definition) is 4. The molecule has 0 aliphatic carbocycles. The molecule has 1 rings (SSSR count). The lowest BCUT2D eigenvalue weighted by Crippen LogP contribution is -2.32. The van der Waals surface area contributed by atoms with Crippen molar-refractivity contribution in [1.82, 2.24) is 0 Å². The van der Waals surface area contributed by atoms with Crippen LogP contribution in [0.3, 0.4) is 0 Å². The normalized spacial score (nSPS) is 14.1. The Morgan fingerprint density at radius 3 is 2.40 bits per heavy atom. The Kier molecular flexibility index (Phi) is 5.46. The lowest BCUT2D eigenvalue weighted by molar-refractivity contribution is 0.340. The largest absolute Gasteiger partial charge is 0.491 e. The lowest BCUT2D eigenvalue weighted by Gasteiger charge is -2.19. The van der Waals surface area contributed by atoms with Crippen molar-refractivity contribution in [3.8, 4) is 5.75 Å². The molecule has 0 unspecified atom stereocenters. The van der Waals surface area contributed by atoms with Crippen LogP contribution in [0, 0.1) is 0 Å². The van der Waals surface area contributed by atoms with E-state index in [2.05, 4.69) is 0 Å². The summed E-state index contributed by atoms with van der Waals surface area (Å²) in [7, 11) is -3.19. The molecule has 4 nitrogen and oxygen atoms in total. The van der Waals surface area contributed by atoms with Gasteiger partial charge in [-0.15, -0.1) is 0 Å². The zero-order valence-electron chi connectivity index (χ0n) is 12.3. The number of sulfone groups is 1. The molecular formula is C14H22ClNO3S. The van der Waals surface area contributed by atoms with Gasteiger partial charge in [-0.25, -0.2) is 8.42 Å². The average Bonchev–Trinajstić information content (AvgIpc) is 2.29. The molecule has 1 aromatic rings. The Hall–Kier alpha value is -0.780. The fourth-order valence-corrected chi connectivity index (χ4v) is 2.64. The summed E-state index contributed by atoms with van der Waals surface area (Å²) in [5.41, 5.74) is 6.67. The van der Waals surface area contributed by atoms with E-state index in [1.807, 2.05) is 13.0 Å². The van der Waals surface area contributed by atoms with Crippen molar-refractivity contribution >= 4 is 21.4 Å². The lowest BCUT2D eigenvalue weighted by atomic mass is 10.1. The third-order valence-electron chi connectivity index (χ3n) is 3.02. The highest BCUT2D eigenvalue weighted by atomic mass is 35.5. The summed E-state index contributed by atoms with van der Waals surface area (Å²) in [6.07, 6.45) is 0. The number of hydrogen-bond donors (Lipinski definition) is 1. The van der Waals surface area contributed by atoms with E-state index >= 15 is 0 Å². The Morgan fingerprint density at radius 2 is 1.95 bits per heavy atom. The smallest absolute Gasteiger partial charge is 0.158 e. The summed E-state index contributed by atoms with van der Waals surface area (Å²) in [6, 6.07) is 5.16. The Labute approximate surface area is 126 Å². The van der Waals surface area contributed by atoms with Crippen LogP contribution in [-0.4, -0.2) is 25.5 Å². The maximum absolute atomic E-state index is 11.9. The van der Waals surface area contributed by atoms with Crippen molar-refractivity contribution in [3.05, 3.63) is 28.8 Å². The third-order valence-corrected chi connectivity index (χ3v) is 5.89. The molecule has 0 bridgehead atoms. The van der Waals surface area contributed by atoms with Crippen molar-refractivity contribution in [2.75, 3.05) is 12.4 Å².